The molecule has 0 amide bonds. The van der Waals surface area contributed by atoms with Crippen LogP contribution in [0.2, 0.25) is 0 Å². The molecular formula is C20H29O2-. The third-order valence-corrected chi connectivity index (χ3v) is 8.52. The molecular weight excluding hydrogens is 272 g/mol. The summed E-state index contributed by atoms with van der Waals surface area (Å²) in [7, 11) is 0. The van der Waals surface area contributed by atoms with E-state index in [-0.39, 0.29) is 5.41 Å². The second kappa shape index (κ2) is 4.39. The third kappa shape index (κ3) is 1.65. The molecule has 4 saturated carbocycles. The maximum absolute atomic E-state index is 11.9. The van der Waals surface area contributed by atoms with E-state index in [9.17, 15) is 9.90 Å². The average molecular weight is 301 g/mol. The van der Waals surface area contributed by atoms with Crippen LogP contribution >= 0.6 is 0 Å². The van der Waals surface area contributed by atoms with Crippen molar-refractivity contribution in [2.75, 3.05) is 0 Å². The quantitative estimate of drug-likeness (QED) is 0.693. The topological polar surface area (TPSA) is 40.1 Å². The molecule has 0 radical (unpaired) electrons. The molecule has 4 aliphatic rings. The normalized spacial score (nSPS) is 53.7. The van der Waals surface area contributed by atoms with Gasteiger partial charge in [-0.05, 0) is 80.0 Å². The Morgan fingerprint density at radius 1 is 1.14 bits per heavy atom. The lowest BCUT2D eigenvalue weighted by Crippen LogP contribution is -2.60. The van der Waals surface area contributed by atoms with E-state index in [1.165, 1.54) is 44.1 Å². The van der Waals surface area contributed by atoms with E-state index in [1.807, 2.05) is 6.92 Å². The predicted octanol–water partition coefficient (Wildman–Crippen LogP) is 3.71. The van der Waals surface area contributed by atoms with Gasteiger partial charge in [-0.25, -0.2) is 0 Å². The van der Waals surface area contributed by atoms with Crippen molar-refractivity contribution in [1.29, 1.82) is 0 Å². The van der Waals surface area contributed by atoms with Gasteiger partial charge < -0.3 is 9.90 Å². The number of aliphatic carboxylic acids is 1. The van der Waals surface area contributed by atoms with Gasteiger partial charge in [-0.2, -0.15) is 0 Å². The Balaban J connectivity index is 1.75. The Hall–Kier alpha value is -0.790. The van der Waals surface area contributed by atoms with Crippen LogP contribution in [0.25, 0.3) is 0 Å². The summed E-state index contributed by atoms with van der Waals surface area (Å²) in [4.78, 5) is 11.9. The number of hydrogen-bond donors (Lipinski definition) is 0. The largest absolute Gasteiger partial charge is 0.550 e. The maximum Gasteiger partial charge on any atom is 0.0476 e. The van der Waals surface area contributed by atoms with E-state index in [2.05, 4.69) is 13.5 Å². The van der Waals surface area contributed by atoms with Crippen LogP contribution in [0.1, 0.15) is 71.6 Å². The molecule has 2 heteroatoms. The van der Waals surface area contributed by atoms with Crippen molar-refractivity contribution in [3.63, 3.8) is 0 Å². The summed E-state index contributed by atoms with van der Waals surface area (Å²) in [5.41, 5.74) is 1.53. The molecule has 0 aromatic carbocycles. The minimum Gasteiger partial charge on any atom is -0.550 e. The molecule has 0 aromatic rings. The highest BCUT2D eigenvalue weighted by Gasteiger charge is 2.63. The molecule has 22 heavy (non-hydrogen) atoms. The van der Waals surface area contributed by atoms with E-state index in [1.54, 1.807) is 0 Å². The van der Waals surface area contributed by atoms with Gasteiger partial charge in [0.2, 0.25) is 0 Å². The molecule has 4 fully saturated rings. The summed E-state index contributed by atoms with van der Waals surface area (Å²) < 4.78 is 0. The fourth-order valence-electron chi connectivity index (χ4n) is 7.60. The Bertz CT molecular complexity index is 538. The van der Waals surface area contributed by atoms with Crippen LogP contribution in [-0.4, -0.2) is 5.97 Å². The third-order valence-electron chi connectivity index (χ3n) is 8.52. The highest BCUT2D eigenvalue weighted by atomic mass is 16.4. The molecule has 0 heterocycles. The van der Waals surface area contributed by atoms with Gasteiger partial charge in [0.25, 0.3) is 0 Å². The Morgan fingerprint density at radius 3 is 2.64 bits per heavy atom. The summed E-state index contributed by atoms with van der Waals surface area (Å²) in [5, 5.41) is 11.9. The van der Waals surface area contributed by atoms with Gasteiger partial charge in [-0.1, -0.05) is 32.4 Å². The fraction of sp³-hybridized carbons (Fsp3) is 0.850. The van der Waals surface area contributed by atoms with Gasteiger partial charge in [0, 0.05) is 11.4 Å². The highest BCUT2D eigenvalue weighted by molar-refractivity contribution is 5.72. The van der Waals surface area contributed by atoms with E-state index in [0.717, 1.165) is 25.2 Å². The van der Waals surface area contributed by atoms with E-state index in [0.29, 0.717) is 17.3 Å². The van der Waals surface area contributed by atoms with Gasteiger partial charge in [-0.15, -0.1) is 0 Å². The number of carbonyl (C=O) groups excluding carboxylic acids is 1. The standard InChI is InChI=1S/C20H30O2/c1-13-11-20-10-7-15-18(2,16(20)6-5-14(13)12-20)8-4-9-19(15,3)17(21)22/h14-16H,1,4-12H2,2-3H3,(H,21,22)/p-1/t14-,15+,16+,18-,19-,20-/m1/s1. The number of hydrogen-bond acceptors (Lipinski definition) is 2. The number of carbonyl (C=O) groups is 1. The molecule has 0 unspecified atom stereocenters. The number of allylic oxidation sites excluding steroid dienone is 1. The summed E-state index contributed by atoms with van der Waals surface area (Å²) >= 11 is 0. The SMILES string of the molecule is C=C1C[C@@]23CC[C@H]4[C@@](C)(CCC[C@@]4(C)C(=O)[O-])[C@@H]2CC[C@@H]1C3. The zero-order valence-electron chi connectivity index (χ0n) is 14.1. The minimum absolute atomic E-state index is 0.195. The highest BCUT2D eigenvalue weighted by Crippen LogP contribution is 2.72. The molecule has 2 nitrogen and oxygen atoms in total. The summed E-state index contributed by atoms with van der Waals surface area (Å²) in [5.74, 6) is 0.962. The summed E-state index contributed by atoms with van der Waals surface area (Å²) in [6.07, 6.45) is 10.5. The van der Waals surface area contributed by atoms with Crippen LogP contribution < -0.4 is 5.11 Å². The van der Waals surface area contributed by atoms with Gasteiger partial charge in [0.15, 0.2) is 0 Å². The first kappa shape index (κ1) is 14.8. The lowest BCUT2D eigenvalue weighted by atomic mass is 9.41. The van der Waals surface area contributed by atoms with Crippen LogP contribution in [0, 0.1) is 34.0 Å². The van der Waals surface area contributed by atoms with Gasteiger partial charge in [0.05, 0.1) is 0 Å². The second-order valence-electron chi connectivity index (χ2n) is 9.38. The maximum atomic E-state index is 11.9. The van der Waals surface area contributed by atoms with Gasteiger partial charge in [-0.3, -0.25) is 0 Å². The average Bonchev–Trinajstić information content (AvgIpc) is 2.68. The number of rotatable bonds is 1. The summed E-state index contributed by atoms with van der Waals surface area (Å²) in [6, 6.07) is 0. The van der Waals surface area contributed by atoms with Crippen molar-refractivity contribution in [2.24, 2.45) is 34.0 Å². The molecule has 6 atom stereocenters. The van der Waals surface area contributed by atoms with Crippen molar-refractivity contribution in [3.8, 4) is 0 Å². The van der Waals surface area contributed by atoms with Crippen molar-refractivity contribution in [2.45, 2.75) is 71.6 Å². The van der Waals surface area contributed by atoms with Crippen molar-refractivity contribution < 1.29 is 9.90 Å². The molecule has 122 valence electrons. The lowest BCUT2D eigenvalue weighted by Gasteiger charge is -2.64. The van der Waals surface area contributed by atoms with Crippen molar-refractivity contribution in [1.82, 2.24) is 0 Å². The fourth-order valence-corrected chi connectivity index (χ4v) is 7.60. The molecule has 4 rings (SSSR count). The smallest absolute Gasteiger partial charge is 0.0476 e. The molecule has 2 bridgehead atoms. The molecule has 0 N–H and O–H groups in total. The zero-order valence-corrected chi connectivity index (χ0v) is 14.1. The molecule has 0 saturated heterocycles. The molecule has 0 aromatic heterocycles. The first-order valence-electron chi connectivity index (χ1n) is 9.21. The van der Waals surface area contributed by atoms with Gasteiger partial charge >= 0.3 is 0 Å². The zero-order chi connectivity index (χ0) is 15.8. The molecule has 4 aliphatic carbocycles. The number of carboxylic acids is 1. The van der Waals surface area contributed by atoms with Crippen molar-refractivity contribution in [3.05, 3.63) is 12.2 Å². The van der Waals surface area contributed by atoms with Crippen LogP contribution in [0.15, 0.2) is 12.2 Å². The number of fused-ring (bicyclic) bond motifs is 3. The first-order valence-corrected chi connectivity index (χ1v) is 9.21. The second-order valence-corrected chi connectivity index (χ2v) is 9.38. The lowest BCUT2D eigenvalue weighted by molar-refractivity contribution is -0.328. The van der Waals surface area contributed by atoms with Crippen molar-refractivity contribution >= 4 is 5.97 Å². The van der Waals surface area contributed by atoms with Crippen LogP contribution in [0.5, 0.6) is 0 Å². The Labute approximate surface area is 134 Å². The number of carboxylic acid groups (broad SMARTS) is 1. The molecule has 0 aliphatic heterocycles. The first-order chi connectivity index (χ1) is 10.3. The van der Waals surface area contributed by atoms with Crippen LogP contribution in [-0.2, 0) is 4.79 Å². The van der Waals surface area contributed by atoms with E-state index >= 15 is 0 Å². The van der Waals surface area contributed by atoms with E-state index in [4.69, 9.17) is 0 Å². The monoisotopic (exact) mass is 301 g/mol. The Kier molecular flexibility index (Phi) is 2.95. The molecule has 1 spiro atoms. The van der Waals surface area contributed by atoms with Gasteiger partial charge in [0.1, 0.15) is 0 Å². The minimum atomic E-state index is -0.802. The Morgan fingerprint density at radius 2 is 1.91 bits per heavy atom. The van der Waals surface area contributed by atoms with Crippen LogP contribution in [0.4, 0.5) is 0 Å². The summed E-state index contributed by atoms with van der Waals surface area (Å²) in [6.45, 7) is 8.76. The van der Waals surface area contributed by atoms with E-state index < -0.39 is 11.4 Å². The predicted molar refractivity (Wildman–Crippen MR) is 84.8 cm³/mol. The van der Waals surface area contributed by atoms with Crippen LogP contribution in [0.3, 0.4) is 0 Å².